The second-order valence-electron chi connectivity index (χ2n) is 5.53. The average Bonchev–Trinajstić information content (AvgIpc) is 2.89. The van der Waals surface area contributed by atoms with Crippen molar-refractivity contribution in [3.05, 3.63) is 35.4 Å². The lowest BCUT2D eigenvalue weighted by atomic mass is 10.0. The molecule has 1 amide bonds. The predicted octanol–water partition coefficient (Wildman–Crippen LogP) is 2.75. The zero-order valence-corrected chi connectivity index (χ0v) is 11.6. The molecule has 2 rings (SSSR count). The Hall–Kier alpha value is -1.82. The van der Waals surface area contributed by atoms with Crippen molar-refractivity contribution in [2.75, 3.05) is 6.54 Å². The van der Waals surface area contributed by atoms with Gasteiger partial charge in [0, 0.05) is 12.6 Å². The van der Waals surface area contributed by atoms with Crippen LogP contribution in [0, 0.1) is 17.2 Å². The second-order valence-corrected chi connectivity index (χ2v) is 5.53. The van der Waals surface area contributed by atoms with Crippen LogP contribution >= 0.6 is 0 Å². The third-order valence-electron chi connectivity index (χ3n) is 3.83. The molecule has 1 aromatic rings. The minimum absolute atomic E-state index is 0.209. The molecule has 0 aliphatic carbocycles. The molecule has 0 aromatic heterocycles. The van der Waals surface area contributed by atoms with Gasteiger partial charge in [-0.2, -0.15) is 5.26 Å². The molecule has 0 spiro atoms. The third kappa shape index (κ3) is 3.14. The first-order valence-corrected chi connectivity index (χ1v) is 6.90. The summed E-state index contributed by atoms with van der Waals surface area (Å²) in [7, 11) is 0. The number of carbonyl (C=O) groups excluding carboxylic acids is 1. The van der Waals surface area contributed by atoms with E-state index in [0.29, 0.717) is 23.9 Å². The van der Waals surface area contributed by atoms with Crippen LogP contribution in [0.3, 0.4) is 0 Å². The molecule has 0 N–H and O–H groups in total. The quantitative estimate of drug-likeness (QED) is 0.834. The van der Waals surface area contributed by atoms with Crippen LogP contribution in [0.1, 0.15) is 37.8 Å². The molecule has 19 heavy (non-hydrogen) atoms. The van der Waals surface area contributed by atoms with E-state index in [2.05, 4.69) is 19.9 Å². The van der Waals surface area contributed by atoms with Crippen molar-refractivity contribution in [3.63, 3.8) is 0 Å². The molecule has 1 heterocycles. The normalized spacial score (nSPS) is 18.6. The van der Waals surface area contributed by atoms with Gasteiger partial charge in [-0.05, 0) is 36.5 Å². The van der Waals surface area contributed by atoms with E-state index in [1.807, 2.05) is 17.0 Å². The van der Waals surface area contributed by atoms with E-state index in [1.54, 1.807) is 12.1 Å². The molecule has 1 aromatic carbocycles. The summed E-state index contributed by atoms with van der Waals surface area (Å²) in [5.41, 5.74) is 1.62. The zero-order chi connectivity index (χ0) is 13.8. The SMILES string of the molecule is CC(C)C1CCCN1C(=O)Cc1ccc(C#N)cc1. The average molecular weight is 256 g/mol. The fourth-order valence-electron chi connectivity index (χ4n) is 2.77. The number of rotatable bonds is 3. The summed E-state index contributed by atoms with van der Waals surface area (Å²) in [6.45, 7) is 5.24. The monoisotopic (exact) mass is 256 g/mol. The highest BCUT2D eigenvalue weighted by Gasteiger charge is 2.30. The van der Waals surface area contributed by atoms with Crippen molar-refractivity contribution in [1.29, 1.82) is 5.26 Å². The highest BCUT2D eigenvalue weighted by atomic mass is 16.2. The summed E-state index contributed by atoms with van der Waals surface area (Å²) >= 11 is 0. The Morgan fingerprint density at radius 2 is 2.11 bits per heavy atom. The molecule has 0 radical (unpaired) electrons. The van der Waals surface area contributed by atoms with Gasteiger partial charge in [0.05, 0.1) is 18.1 Å². The third-order valence-corrected chi connectivity index (χ3v) is 3.83. The molecule has 100 valence electrons. The van der Waals surface area contributed by atoms with Gasteiger partial charge in [-0.15, -0.1) is 0 Å². The van der Waals surface area contributed by atoms with E-state index in [0.717, 1.165) is 24.9 Å². The van der Waals surface area contributed by atoms with Gasteiger partial charge >= 0.3 is 0 Å². The van der Waals surface area contributed by atoms with E-state index < -0.39 is 0 Å². The Bertz CT molecular complexity index is 484. The lowest BCUT2D eigenvalue weighted by Crippen LogP contribution is -2.39. The molecular formula is C16H20N2O. The van der Waals surface area contributed by atoms with Gasteiger partial charge in [0.25, 0.3) is 0 Å². The van der Waals surface area contributed by atoms with Crippen molar-refractivity contribution >= 4 is 5.91 Å². The van der Waals surface area contributed by atoms with Crippen LogP contribution in [0.4, 0.5) is 0 Å². The van der Waals surface area contributed by atoms with Crippen LogP contribution in [0.25, 0.3) is 0 Å². The summed E-state index contributed by atoms with van der Waals surface area (Å²) in [5, 5.41) is 8.75. The highest BCUT2D eigenvalue weighted by Crippen LogP contribution is 2.24. The largest absolute Gasteiger partial charge is 0.339 e. The van der Waals surface area contributed by atoms with E-state index in [9.17, 15) is 4.79 Å². The fourth-order valence-corrected chi connectivity index (χ4v) is 2.77. The van der Waals surface area contributed by atoms with Crippen LogP contribution in [0.2, 0.25) is 0 Å². The Morgan fingerprint density at radius 3 is 2.68 bits per heavy atom. The van der Waals surface area contributed by atoms with Crippen molar-refractivity contribution in [2.24, 2.45) is 5.92 Å². The maximum atomic E-state index is 12.3. The number of benzene rings is 1. The van der Waals surface area contributed by atoms with E-state index >= 15 is 0 Å². The Morgan fingerprint density at radius 1 is 1.42 bits per heavy atom. The topological polar surface area (TPSA) is 44.1 Å². The fraction of sp³-hybridized carbons (Fsp3) is 0.500. The minimum atomic E-state index is 0.209. The van der Waals surface area contributed by atoms with Gasteiger partial charge < -0.3 is 4.90 Å². The number of likely N-dealkylation sites (tertiary alicyclic amines) is 1. The minimum Gasteiger partial charge on any atom is -0.339 e. The van der Waals surface area contributed by atoms with Crippen LogP contribution < -0.4 is 0 Å². The lowest BCUT2D eigenvalue weighted by molar-refractivity contribution is -0.132. The summed E-state index contributed by atoms with van der Waals surface area (Å²) < 4.78 is 0. The molecular weight excluding hydrogens is 236 g/mol. The van der Waals surface area contributed by atoms with Gasteiger partial charge in [-0.3, -0.25) is 4.79 Å². The van der Waals surface area contributed by atoms with Crippen LogP contribution in [0.5, 0.6) is 0 Å². The van der Waals surface area contributed by atoms with Crippen molar-refractivity contribution in [3.8, 4) is 6.07 Å². The first-order valence-electron chi connectivity index (χ1n) is 6.90. The summed E-state index contributed by atoms with van der Waals surface area (Å²) in [5.74, 6) is 0.730. The number of hydrogen-bond donors (Lipinski definition) is 0. The zero-order valence-electron chi connectivity index (χ0n) is 11.6. The summed E-state index contributed by atoms with van der Waals surface area (Å²) in [4.78, 5) is 14.4. The number of nitriles is 1. The number of nitrogens with zero attached hydrogens (tertiary/aromatic N) is 2. The molecule has 1 saturated heterocycles. The smallest absolute Gasteiger partial charge is 0.227 e. The van der Waals surface area contributed by atoms with Gasteiger partial charge in [0.15, 0.2) is 0 Å². The van der Waals surface area contributed by atoms with E-state index in [-0.39, 0.29) is 5.91 Å². The lowest BCUT2D eigenvalue weighted by Gasteiger charge is -2.27. The van der Waals surface area contributed by atoms with Gasteiger partial charge in [-0.1, -0.05) is 26.0 Å². The molecule has 3 nitrogen and oxygen atoms in total. The molecule has 1 unspecified atom stereocenters. The second kappa shape index (κ2) is 5.88. The standard InChI is InChI=1S/C16H20N2O/c1-12(2)15-4-3-9-18(15)16(19)10-13-5-7-14(11-17)8-6-13/h5-8,12,15H,3-4,9-10H2,1-2H3. The maximum absolute atomic E-state index is 12.3. The molecule has 1 atom stereocenters. The number of carbonyl (C=O) groups is 1. The van der Waals surface area contributed by atoms with Crippen LogP contribution in [0.15, 0.2) is 24.3 Å². The Labute approximate surface area is 114 Å². The molecule has 0 saturated carbocycles. The van der Waals surface area contributed by atoms with E-state index in [4.69, 9.17) is 5.26 Å². The van der Waals surface area contributed by atoms with Crippen molar-refractivity contribution in [1.82, 2.24) is 4.90 Å². The van der Waals surface area contributed by atoms with Gasteiger partial charge in [0.1, 0.15) is 0 Å². The van der Waals surface area contributed by atoms with Gasteiger partial charge in [-0.25, -0.2) is 0 Å². The van der Waals surface area contributed by atoms with Crippen LogP contribution in [-0.4, -0.2) is 23.4 Å². The Balaban J connectivity index is 2.02. The van der Waals surface area contributed by atoms with E-state index in [1.165, 1.54) is 0 Å². The number of amides is 1. The molecule has 0 bridgehead atoms. The van der Waals surface area contributed by atoms with Crippen molar-refractivity contribution in [2.45, 2.75) is 39.2 Å². The molecule has 1 aliphatic rings. The van der Waals surface area contributed by atoms with Crippen LogP contribution in [-0.2, 0) is 11.2 Å². The van der Waals surface area contributed by atoms with Gasteiger partial charge in [0.2, 0.25) is 5.91 Å². The predicted molar refractivity (Wildman–Crippen MR) is 74.4 cm³/mol. The molecule has 1 fully saturated rings. The van der Waals surface area contributed by atoms with Crippen molar-refractivity contribution < 1.29 is 4.79 Å². The summed E-state index contributed by atoms with van der Waals surface area (Å²) in [6.07, 6.45) is 2.67. The Kier molecular flexibility index (Phi) is 4.21. The molecule has 3 heteroatoms. The first kappa shape index (κ1) is 13.6. The highest BCUT2D eigenvalue weighted by molar-refractivity contribution is 5.79. The maximum Gasteiger partial charge on any atom is 0.227 e. The summed E-state index contributed by atoms with van der Waals surface area (Å²) in [6, 6.07) is 9.77. The molecule has 1 aliphatic heterocycles. The number of hydrogen-bond acceptors (Lipinski definition) is 2. The first-order chi connectivity index (χ1) is 9.11.